The maximum atomic E-state index is 12.6. The van der Waals surface area contributed by atoms with Crippen molar-refractivity contribution in [2.24, 2.45) is 0 Å². The van der Waals surface area contributed by atoms with Gasteiger partial charge in [0.25, 0.3) is 0 Å². The van der Waals surface area contributed by atoms with Crippen molar-refractivity contribution in [1.29, 1.82) is 0 Å². The van der Waals surface area contributed by atoms with Crippen LogP contribution >= 0.6 is 0 Å². The molecule has 3 N–H and O–H groups in total. The monoisotopic (exact) mass is 1210 g/mol. The van der Waals surface area contributed by atoms with Crippen molar-refractivity contribution >= 4 is 11.9 Å². The van der Waals surface area contributed by atoms with Crippen molar-refractivity contribution in [2.75, 3.05) is 13.2 Å². The lowest BCUT2D eigenvalue weighted by molar-refractivity contribution is -0.143. The quantitative estimate of drug-likeness (QED) is 0.0320. The molecule has 0 saturated carbocycles. The lowest BCUT2D eigenvalue weighted by Crippen LogP contribution is -2.45. The fraction of sp³-hybridized carbons (Fsp3) is 0.875. The second-order valence-corrected chi connectivity index (χ2v) is 26.7. The number of aliphatic hydroxyl groups is 2. The predicted molar refractivity (Wildman–Crippen MR) is 379 cm³/mol. The van der Waals surface area contributed by atoms with Gasteiger partial charge in [-0.15, -0.1) is 0 Å². The number of ether oxygens (including phenoxy) is 1. The zero-order valence-electron chi connectivity index (χ0n) is 58.1. The molecule has 6 heteroatoms. The summed E-state index contributed by atoms with van der Waals surface area (Å²) in [6.07, 6.45) is 99.0. The van der Waals surface area contributed by atoms with Gasteiger partial charge in [-0.25, -0.2) is 0 Å². The molecule has 1 amide bonds. The van der Waals surface area contributed by atoms with E-state index in [1.807, 2.05) is 0 Å². The molecule has 0 heterocycles. The number of hydrogen-bond acceptors (Lipinski definition) is 5. The van der Waals surface area contributed by atoms with Crippen molar-refractivity contribution in [1.82, 2.24) is 5.32 Å². The molecule has 86 heavy (non-hydrogen) atoms. The van der Waals surface area contributed by atoms with Crippen LogP contribution in [0.5, 0.6) is 0 Å². The lowest BCUT2D eigenvalue weighted by Gasteiger charge is -2.22. The zero-order chi connectivity index (χ0) is 62.0. The van der Waals surface area contributed by atoms with Gasteiger partial charge in [0.1, 0.15) is 0 Å². The van der Waals surface area contributed by atoms with Crippen molar-refractivity contribution in [3.8, 4) is 0 Å². The van der Waals surface area contributed by atoms with Gasteiger partial charge < -0.3 is 20.3 Å². The van der Waals surface area contributed by atoms with E-state index in [-0.39, 0.29) is 18.5 Å². The third-order valence-corrected chi connectivity index (χ3v) is 18.1. The van der Waals surface area contributed by atoms with E-state index in [1.165, 1.54) is 334 Å². The third kappa shape index (κ3) is 70.9. The minimum absolute atomic E-state index is 0.00346. The van der Waals surface area contributed by atoms with Crippen LogP contribution < -0.4 is 5.32 Å². The molecule has 0 bridgehead atoms. The first-order valence-corrected chi connectivity index (χ1v) is 38.9. The molecule has 0 aromatic heterocycles. The van der Waals surface area contributed by atoms with Gasteiger partial charge in [-0.3, -0.25) is 9.59 Å². The standard InChI is InChI=1S/C80H151NO5/c1-3-5-7-9-11-13-15-17-19-21-22-23-24-28-31-34-37-41-44-48-52-56-60-64-68-72-78(83)77(76-82)81-79(84)73-69-65-61-57-53-49-45-42-38-35-32-29-26-25-27-30-33-36-39-43-47-51-55-59-63-67-71-75-86-80(85)74-70-66-62-58-54-50-46-40-20-18-16-14-12-10-8-6-4-2/h12,14,18,20,25-26,30,33,77-78,82-83H,3-11,13,15-17,19,21-24,27-29,31-32,34-76H2,1-2H3,(H,81,84)/b14-12-,20-18-,26-25-,33-30-. The minimum Gasteiger partial charge on any atom is -0.466 e. The number of amides is 1. The molecule has 0 fully saturated rings. The fourth-order valence-electron chi connectivity index (χ4n) is 12.2. The second-order valence-electron chi connectivity index (χ2n) is 26.7. The molecular formula is C80H151NO5. The summed E-state index contributed by atoms with van der Waals surface area (Å²) in [5.74, 6) is -0.0301. The average molecular weight is 1210 g/mol. The summed E-state index contributed by atoms with van der Waals surface area (Å²) in [5, 5.41) is 23.5. The predicted octanol–water partition coefficient (Wildman–Crippen LogP) is 25.6. The van der Waals surface area contributed by atoms with Gasteiger partial charge in [0.2, 0.25) is 5.91 Å². The first kappa shape index (κ1) is 83.8. The van der Waals surface area contributed by atoms with Crippen molar-refractivity contribution < 1.29 is 24.5 Å². The largest absolute Gasteiger partial charge is 0.466 e. The van der Waals surface area contributed by atoms with E-state index < -0.39 is 12.1 Å². The van der Waals surface area contributed by atoms with Crippen LogP contribution in [0, 0.1) is 0 Å². The van der Waals surface area contributed by atoms with Crippen LogP contribution in [-0.4, -0.2) is 47.4 Å². The maximum Gasteiger partial charge on any atom is 0.305 e. The number of unbranched alkanes of at least 4 members (excludes halogenated alkanes) is 54. The number of allylic oxidation sites excluding steroid dienone is 8. The van der Waals surface area contributed by atoms with Gasteiger partial charge in [-0.1, -0.05) is 371 Å². The fourth-order valence-corrected chi connectivity index (χ4v) is 12.2. The first-order valence-electron chi connectivity index (χ1n) is 38.9. The highest BCUT2D eigenvalue weighted by Crippen LogP contribution is 2.19. The Hall–Kier alpha value is -2.18. The van der Waals surface area contributed by atoms with Crippen molar-refractivity contribution in [2.45, 2.75) is 437 Å². The number of carbonyl (C=O) groups excluding carboxylic acids is 2. The van der Waals surface area contributed by atoms with Crippen LogP contribution in [0.1, 0.15) is 425 Å². The highest BCUT2D eigenvalue weighted by atomic mass is 16.5. The van der Waals surface area contributed by atoms with Crippen LogP contribution in [0.4, 0.5) is 0 Å². The Labute approximate surface area is 537 Å². The summed E-state index contributed by atoms with van der Waals surface area (Å²) in [6, 6.07) is -0.547. The minimum atomic E-state index is -0.669. The molecule has 0 aromatic rings. The summed E-state index contributed by atoms with van der Waals surface area (Å²) in [4.78, 5) is 24.7. The molecule has 6 nitrogen and oxygen atoms in total. The van der Waals surface area contributed by atoms with Gasteiger partial charge >= 0.3 is 5.97 Å². The molecule has 506 valence electrons. The van der Waals surface area contributed by atoms with Crippen LogP contribution in [-0.2, 0) is 14.3 Å². The van der Waals surface area contributed by atoms with Crippen LogP contribution in [0.3, 0.4) is 0 Å². The number of carbonyl (C=O) groups is 2. The van der Waals surface area contributed by atoms with Crippen LogP contribution in [0.15, 0.2) is 48.6 Å². The smallest absolute Gasteiger partial charge is 0.305 e. The van der Waals surface area contributed by atoms with Gasteiger partial charge in [0, 0.05) is 12.8 Å². The molecule has 0 spiro atoms. The lowest BCUT2D eigenvalue weighted by atomic mass is 10.0. The number of nitrogens with one attached hydrogen (secondary N) is 1. The number of aliphatic hydroxyl groups excluding tert-OH is 2. The summed E-state index contributed by atoms with van der Waals surface area (Å²) >= 11 is 0. The Balaban J connectivity index is 3.42. The number of hydrogen-bond donors (Lipinski definition) is 3. The average Bonchev–Trinajstić information content (AvgIpc) is 3.54. The molecule has 0 saturated heterocycles. The summed E-state index contributed by atoms with van der Waals surface area (Å²) in [7, 11) is 0. The molecule has 0 aromatic carbocycles. The first-order chi connectivity index (χ1) is 42.5. The van der Waals surface area contributed by atoms with E-state index in [4.69, 9.17) is 4.74 Å². The molecule has 0 aliphatic heterocycles. The van der Waals surface area contributed by atoms with Crippen molar-refractivity contribution in [3.05, 3.63) is 48.6 Å². The molecule has 0 rings (SSSR count). The Morgan fingerprint density at radius 2 is 0.581 bits per heavy atom. The van der Waals surface area contributed by atoms with E-state index in [0.29, 0.717) is 25.9 Å². The highest BCUT2D eigenvalue weighted by molar-refractivity contribution is 5.76. The molecular weight excluding hydrogens is 1050 g/mol. The molecule has 0 aliphatic carbocycles. The molecule has 2 atom stereocenters. The van der Waals surface area contributed by atoms with E-state index in [1.54, 1.807) is 0 Å². The molecule has 0 radical (unpaired) electrons. The SMILES string of the molecule is CCCCC/C=C\C/C=C\CCCCCCCCCC(=O)OCCCCCCCCCCC/C=C\C/C=C\CCCCCCCCCCCCCC(=O)NC(CO)C(O)CCCCCCCCCCCCCCCCCCCCCCCCCCC. The molecule has 0 aliphatic rings. The summed E-state index contributed by atoms with van der Waals surface area (Å²) in [6.45, 7) is 4.96. The van der Waals surface area contributed by atoms with Crippen LogP contribution in [0.25, 0.3) is 0 Å². The zero-order valence-corrected chi connectivity index (χ0v) is 58.1. The van der Waals surface area contributed by atoms with E-state index in [2.05, 4.69) is 67.8 Å². The summed E-state index contributed by atoms with van der Waals surface area (Å²) in [5.41, 5.74) is 0. The Kier molecular flexibility index (Phi) is 73.4. The Morgan fingerprint density at radius 3 is 0.907 bits per heavy atom. The molecule has 2 unspecified atom stereocenters. The normalized spacial score (nSPS) is 12.7. The van der Waals surface area contributed by atoms with E-state index in [0.717, 1.165) is 57.8 Å². The topological polar surface area (TPSA) is 95.9 Å². The Bertz CT molecular complexity index is 1440. The second kappa shape index (κ2) is 75.3. The van der Waals surface area contributed by atoms with Gasteiger partial charge in [-0.2, -0.15) is 0 Å². The Morgan fingerprint density at radius 1 is 0.326 bits per heavy atom. The van der Waals surface area contributed by atoms with Gasteiger partial charge in [-0.05, 0) is 89.9 Å². The van der Waals surface area contributed by atoms with E-state index >= 15 is 0 Å². The number of esters is 1. The highest BCUT2D eigenvalue weighted by Gasteiger charge is 2.20. The summed E-state index contributed by atoms with van der Waals surface area (Å²) < 4.78 is 5.50. The van der Waals surface area contributed by atoms with Crippen molar-refractivity contribution in [3.63, 3.8) is 0 Å². The van der Waals surface area contributed by atoms with Crippen LogP contribution in [0.2, 0.25) is 0 Å². The maximum absolute atomic E-state index is 12.6. The van der Waals surface area contributed by atoms with Gasteiger partial charge in [0.05, 0.1) is 25.4 Å². The van der Waals surface area contributed by atoms with Gasteiger partial charge in [0.15, 0.2) is 0 Å². The van der Waals surface area contributed by atoms with E-state index in [9.17, 15) is 19.8 Å². The third-order valence-electron chi connectivity index (χ3n) is 18.1. The number of rotatable bonds is 73.